The van der Waals surface area contributed by atoms with Crippen LogP contribution in [-0.2, 0) is 8.62 Å². The molecular weight excluding hydrogens is 469 g/mol. The quantitative estimate of drug-likeness (QED) is 0.111. The van der Waals surface area contributed by atoms with E-state index < -0.39 is 22.7 Å². The monoisotopic (exact) mass is 510 g/mol. The molecule has 0 aromatic heterocycles. The third kappa shape index (κ3) is 21.4. The maximum atomic E-state index is 9.34. The fourth-order valence-electron chi connectivity index (χ4n) is 2.26. The first-order valence-electron chi connectivity index (χ1n) is 10.7. The summed E-state index contributed by atoms with van der Waals surface area (Å²) in [5.41, 5.74) is 0. The van der Waals surface area contributed by atoms with E-state index >= 15 is 0 Å². The molecule has 0 saturated carbocycles. The lowest BCUT2D eigenvalue weighted by Crippen LogP contribution is -1.86. The molecule has 0 aromatic rings. The van der Waals surface area contributed by atoms with Crippen LogP contribution in [0.1, 0.15) is 97.8 Å². The first-order valence-corrected chi connectivity index (χ1v) is 19.0. The van der Waals surface area contributed by atoms with E-state index in [1.807, 2.05) is 22.8 Å². The Bertz CT molecular complexity index is 308. The molecule has 0 aliphatic heterocycles. The van der Waals surface area contributed by atoms with Crippen molar-refractivity contribution < 1.29 is 18.4 Å². The van der Waals surface area contributed by atoms with E-state index in [0.29, 0.717) is 0 Å². The number of hydrogen-bond acceptors (Lipinski definition) is 7. The second-order valence-corrected chi connectivity index (χ2v) is 17.2. The Labute approximate surface area is 189 Å². The fourth-order valence-corrected chi connectivity index (χ4v) is 15.3. The largest absolute Gasteiger partial charge is 0.333 e. The highest BCUT2D eigenvalue weighted by Gasteiger charge is 2.23. The van der Waals surface area contributed by atoms with Crippen molar-refractivity contribution in [2.45, 2.75) is 97.8 Å². The zero-order valence-corrected chi connectivity index (χ0v) is 23.0. The molecule has 10 heteroatoms. The van der Waals surface area contributed by atoms with Gasteiger partial charge in [0.1, 0.15) is 0 Å². The minimum atomic E-state index is -2.36. The molecule has 1 unspecified atom stereocenters. The molecule has 0 aromatic carbocycles. The minimum absolute atomic E-state index is 0.695. The molecule has 28 heavy (non-hydrogen) atoms. The molecule has 0 rings (SSSR count). The topological polar surface area (TPSA) is 58.9 Å². The van der Waals surface area contributed by atoms with Crippen LogP contribution in [0.25, 0.3) is 0 Å². The summed E-state index contributed by atoms with van der Waals surface area (Å²) in [5, 5.41) is 0. The van der Waals surface area contributed by atoms with E-state index in [1.165, 1.54) is 70.6 Å². The molecular formula is C18H41O4P3S3. The fraction of sp³-hybridized carbons (Fsp3) is 1.00. The molecule has 0 heterocycles. The number of unbranched alkanes of at least 4 members (excludes halogenated alkanes) is 9. The maximum Gasteiger partial charge on any atom is 0.333 e. The first-order chi connectivity index (χ1) is 13.6. The van der Waals surface area contributed by atoms with Crippen LogP contribution in [0.5, 0.6) is 0 Å². The van der Waals surface area contributed by atoms with Crippen LogP contribution >= 0.6 is 56.9 Å². The molecule has 0 spiro atoms. The highest BCUT2D eigenvalue weighted by molar-refractivity contribution is 8.87. The van der Waals surface area contributed by atoms with Gasteiger partial charge in [-0.3, -0.25) is 8.62 Å². The predicted octanol–water partition coefficient (Wildman–Crippen LogP) is 9.63. The van der Waals surface area contributed by atoms with Crippen LogP contribution in [0.4, 0.5) is 0 Å². The molecule has 170 valence electrons. The van der Waals surface area contributed by atoms with Crippen LogP contribution in [0.3, 0.4) is 0 Å². The second kappa shape index (κ2) is 23.8. The van der Waals surface area contributed by atoms with Gasteiger partial charge < -0.3 is 9.79 Å². The van der Waals surface area contributed by atoms with Crippen LogP contribution in [0, 0.1) is 0 Å². The molecule has 0 bridgehead atoms. The third-order valence-electron chi connectivity index (χ3n) is 3.86. The van der Waals surface area contributed by atoms with Crippen LogP contribution in [0.15, 0.2) is 0 Å². The third-order valence-corrected chi connectivity index (χ3v) is 15.9. The summed E-state index contributed by atoms with van der Waals surface area (Å²) in [7, 11) is -3.65. The van der Waals surface area contributed by atoms with Gasteiger partial charge in [-0.1, -0.05) is 113 Å². The van der Waals surface area contributed by atoms with Crippen LogP contribution < -0.4 is 0 Å². The van der Waals surface area contributed by atoms with Gasteiger partial charge in [0.25, 0.3) is 0 Å². The molecule has 0 saturated heterocycles. The van der Waals surface area contributed by atoms with Gasteiger partial charge in [0.05, 0.1) is 0 Å². The standard InChI is InChI=1S/C18H41O4P3S3/c1-4-7-10-13-16-26-24(21-23(19)20)22-25(27-17-14-11-8-5-2)28-18-15-12-9-6-3/h19-20H,4-18H2,1-3H3. The van der Waals surface area contributed by atoms with Crippen LogP contribution in [-0.4, -0.2) is 27.0 Å². The van der Waals surface area contributed by atoms with E-state index in [-0.39, 0.29) is 0 Å². The molecule has 0 aliphatic rings. The lowest BCUT2D eigenvalue weighted by atomic mass is 10.2. The highest BCUT2D eigenvalue weighted by atomic mass is 33.1. The second-order valence-electron chi connectivity index (χ2n) is 6.54. The summed E-state index contributed by atoms with van der Waals surface area (Å²) >= 11 is 5.45. The molecule has 0 radical (unpaired) electrons. The summed E-state index contributed by atoms with van der Waals surface area (Å²) in [4.78, 5) is 18.7. The van der Waals surface area contributed by atoms with Gasteiger partial charge in [-0.05, 0) is 19.3 Å². The Hall–Kier alpha value is 2.18. The van der Waals surface area contributed by atoms with E-state index in [9.17, 15) is 9.79 Å². The Morgan fingerprint density at radius 2 is 1.00 bits per heavy atom. The van der Waals surface area contributed by atoms with Gasteiger partial charge >= 0.3 is 8.60 Å². The van der Waals surface area contributed by atoms with Crippen molar-refractivity contribution >= 4 is 56.9 Å². The van der Waals surface area contributed by atoms with Crippen molar-refractivity contribution in [3.8, 4) is 0 Å². The van der Waals surface area contributed by atoms with Crippen molar-refractivity contribution in [3.63, 3.8) is 0 Å². The first kappa shape index (κ1) is 30.2. The lowest BCUT2D eigenvalue weighted by Gasteiger charge is -2.22. The Morgan fingerprint density at radius 1 is 0.571 bits per heavy atom. The van der Waals surface area contributed by atoms with Gasteiger partial charge in [-0.25, -0.2) is 0 Å². The van der Waals surface area contributed by atoms with Crippen molar-refractivity contribution in [2.24, 2.45) is 0 Å². The molecule has 0 fully saturated rings. The predicted molar refractivity (Wildman–Crippen MR) is 137 cm³/mol. The Balaban J connectivity index is 4.41. The molecule has 2 N–H and O–H groups in total. The zero-order valence-electron chi connectivity index (χ0n) is 17.9. The van der Waals surface area contributed by atoms with E-state index in [0.717, 1.165) is 23.7 Å². The smallest absolute Gasteiger partial charge is 0.328 e. The average Bonchev–Trinajstić information content (AvgIpc) is 2.66. The van der Waals surface area contributed by atoms with Gasteiger partial charge in [-0.2, -0.15) is 0 Å². The Kier molecular flexibility index (Phi) is 25.7. The summed E-state index contributed by atoms with van der Waals surface area (Å²) in [5.74, 6) is 3.19. The molecule has 0 aliphatic carbocycles. The SMILES string of the molecule is CCCCCCSP(OP(O)O)OP(SCCCCCC)SCCCCCC. The maximum absolute atomic E-state index is 9.34. The normalized spacial score (nSPS) is 13.0. The molecule has 0 amide bonds. The van der Waals surface area contributed by atoms with Crippen molar-refractivity contribution in [3.05, 3.63) is 0 Å². The zero-order chi connectivity index (χ0) is 20.9. The van der Waals surface area contributed by atoms with E-state index in [2.05, 4.69) is 20.8 Å². The van der Waals surface area contributed by atoms with E-state index in [1.54, 1.807) is 11.4 Å². The van der Waals surface area contributed by atoms with Crippen molar-refractivity contribution in [1.82, 2.24) is 0 Å². The van der Waals surface area contributed by atoms with Gasteiger partial charge in [0.2, 0.25) is 7.58 Å². The van der Waals surface area contributed by atoms with Crippen molar-refractivity contribution in [2.75, 3.05) is 17.3 Å². The van der Waals surface area contributed by atoms with E-state index in [4.69, 9.17) is 8.62 Å². The number of hydrogen-bond donors (Lipinski definition) is 2. The van der Waals surface area contributed by atoms with Crippen molar-refractivity contribution in [1.29, 1.82) is 0 Å². The Morgan fingerprint density at radius 3 is 1.39 bits per heavy atom. The molecule has 1 atom stereocenters. The highest BCUT2D eigenvalue weighted by Crippen LogP contribution is 2.74. The average molecular weight is 511 g/mol. The lowest BCUT2D eigenvalue weighted by molar-refractivity contribution is 0.380. The number of rotatable bonds is 22. The van der Waals surface area contributed by atoms with Gasteiger partial charge in [0, 0.05) is 17.3 Å². The van der Waals surface area contributed by atoms with Crippen LogP contribution in [0.2, 0.25) is 0 Å². The molecule has 4 nitrogen and oxygen atoms in total. The van der Waals surface area contributed by atoms with Gasteiger partial charge in [-0.15, -0.1) is 0 Å². The van der Waals surface area contributed by atoms with Gasteiger partial charge in [0.15, 0.2) is 6.55 Å². The summed E-state index contributed by atoms with van der Waals surface area (Å²) in [6, 6.07) is 0. The summed E-state index contributed by atoms with van der Waals surface area (Å²) in [6.07, 6.45) is 14.9. The summed E-state index contributed by atoms with van der Waals surface area (Å²) < 4.78 is 11.6. The summed E-state index contributed by atoms with van der Waals surface area (Å²) in [6.45, 7) is 5.98. The minimum Gasteiger partial charge on any atom is -0.328 e.